The van der Waals surface area contributed by atoms with Crippen LogP contribution < -0.4 is 20.3 Å². The Hall–Kier alpha value is -2.68. The number of anilines is 1. The van der Waals surface area contributed by atoms with Crippen LogP contribution in [0.25, 0.3) is 0 Å². The molecule has 3 N–H and O–H groups in total. The van der Waals surface area contributed by atoms with Gasteiger partial charge in [-0.2, -0.15) is 4.98 Å². The lowest BCUT2D eigenvalue weighted by Gasteiger charge is -2.11. The van der Waals surface area contributed by atoms with Gasteiger partial charge in [0.25, 0.3) is 5.56 Å². The fourth-order valence-corrected chi connectivity index (χ4v) is 2.39. The maximum Gasteiger partial charge on any atom is 0.255 e. The van der Waals surface area contributed by atoms with Crippen LogP contribution in [0.4, 0.5) is 5.69 Å². The summed E-state index contributed by atoms with van der Waals surface area (Å²) in [4.78, 5) is 29.3. The number of nitrogens with zero attached hydrogens (tertiary/aromatic N) is 1. The third-order valence-corrected chi connectivity index (χ3v) is 3.60. The molecule has 2 rings (SSSR count). The number of thioether (sulfide) groups is 1. The number of hydrogen-bond acceptors (Lipinski definition) is 7. The Morgan fingerprint density at radius 2 is 2.13 bits per heavy atom. The summed E-state index contributed by atoms with van der Waals surface area (Å²) in [5.74, 6) is 0.340. The summed E-state index contributed by atoms with van der Waals surface area (Å²) in [7, 11) is 3.01. The minimum atomic E-state index is -0.491. The quantitative estimate of drug-likeness (QED) is 0.536. The molecule has 0 bridgehead atoms. The van der Waals surface area contributed by atoms with Crippen molar-refractivity contribution in [2.75, 3.05) is 25.3 Å². The number of carbonyl (C=O) groups is 1. The number of ether oxygens (including phenoxy) is 2. The normalized spacial score (nSPS) is 10.2. The average molecular weight is 337 g/mol. The predicted octanol–water partition coefficient (Wildman–Crippen LogP) is 1.22. The summed E-state index contributed by atoms with van der Waals surface area (Å²) in [6.45, 7) is 0. The number of benzene rings is 1. The molecule has 0 saturated heterocycles. The third-order valence-electron chi connectivity index (χ3n) is 2.73. The molecule has 0 saturated carbocycles. The standard InChI is InChI=1S/C14H15N3O5S/c1-21-8-3-4-10(22-2)9(5-8)15-13(20)7-23-14-16-11(18)6-12(19)17-14/h3-6H,7H2,1-2H3,(H,15,20)(H2,16,17,18,19). The van der Waals surface area contributed by atoms with Gasteiger partial charge in [0.05, 0.1) is 31.7 Å². The molecule has 1 heterocycles. The first-order valence-electron chi connectivity index (χ1n) is 6.47. The summed E-state index contributed by atoms with van der Waals surface area (Å²) < 4.78 is 10.3. The fraction of sp³-hybridized carbons (Fsp3) is 0.214. The highest BCUT2D eigenvalue weighted by Crippen LogP contribution is 2.29. The largest absolute Gasteiger partial charge is 0.497 e. The van der Waals surface area contributed by atoms with Gasteiger partial charge in [-0.05, 0) is 12.1 Å². The molecule has 0 spiro atoms. The summed E-state index contributed by atoms with van der Waals surface area (Å²) >= 11 is 0.989. The van der Waals surface area contributed by atoms with E-state index in [1.807, 2.05) is 0 Å². The summed E-state index contributed by atoms with van der Waals surface area (Å²) in [5.41, 5.74) is -0.0234. The summed E-state index contributed by atoms with van der Waals surface area (Å²) in [5, 5.41) is 12.1. The molecule has 1 aromatic carbocycles. The van der Waals surface area contributed by atoms with Crippen molar-refractivity contribution >= 4 is 23.4 Å². The molecule has 23 heavy (non-hydrogen) atoms. The topological polar surface area (TPSA) is 114 Å². The van der Waals surface area contributed by atoms with Gasteiger partial charge >= 0.3 is 0 Å². The molecule has 122 valence electrons. The van der Waals surface area contributed by atoms with Crippen molar-refractivity contribution in [3.8, 4) is 17.4 Å². The molecule has 0 radical (unpaired) electrons. The molecule has 2 aromatic rings. The van der Waals surface area contributed by atoms with Gasteiger partial charge in [-0.15, -0.1) is 0 Å². The van der Waals surface area contributed by atoms with Crippen molar-refractivity contribution in [2.45, 2.75) is 5.16 Å². The molecule has 1 aromatic heterocycles. The van der Waals surface area contributed by atoms with Crippen molar-refractivity contribution in [3.63, 3.8) is 0 Å². The Kier molecular flexibility index (Phi) is 5.47. The van der Waals surface area contributed by atoms with Crippen molar-refractivity contribution in [2.24, 2.45) is 0 Å². The Balaban J connectivity index is 2.03. The minimum Gasteiger partial charge on any atom is -0.497 e. The first kappa shape index (κ1) is 16.7. The number of methoxy groups -OCH3 is 2. The lowest BCUT2D eigenvalue weighted by atomic mass is 10.2. The number of aromatic amines is 1. The van der Waals surface area contributed by atoms with Crippen LogP contribution in [-0.4, -0.2) is 41.0 Å². The van der Waals surface area contributed by atoms with Crippen LogP contribution in [0.3, 0.4) is 0 Å². The number of nitrogens with one attached hydrogen (secondary N) is 2. The zero-order valence-electron chi connectivity index (χ0n) is 12.5. The summed E-state index contributed by atoms with van der Waals surface area (Å²) in [6.07, 6.45) is 0. The zero-order chi connectivity index (χ0) is 16.8. The zero-order valence-corrected chi connectivity index (χ0v) is 13.3. The molecule has 8 nitrogen and oxygen atoms in total. The van der Waals surface area contributed by atoms with Crippen LogP contribution in [0.2, 0.25) is 0 Å². The lowest BCUT2D eigenvalue weighted by Crippen LogP contribution is -2.15. The number of amides is 1. The van der Waals surface area contributed by atoms with E-state index in [1.54, 1.807) is 18.2 Å². The number of aromatic nitrogens is 2. The van der Waals surface area contributed by atoms with E-state index in [2.05, 4.69) is 15.3 Å². The van der Waals surface area contributed by atoms with E-state index >= 15 is 0 Å². The van der Waals surface area contributed by atoms with Gasteiger partial charge in [-0.25, -0.2) is 0 Å². The molecule has 0 aliphatic rings. The molecule has 0 aliphatic carbocycles. The molecular formula is C14H15N3O5S. The molecular weight excluding hydrogens is 322 g/mol. The van der Waals surface area contributed by atoms with Crippen molar-refractivity contribution in [3.05, 3.63) is 34.6 Å². The lowest BCUT2D eigenvalue weighted by molar-refractivity contribution is -0.113. The van der Waals surface area contributed by atoms with Crippen molar-refractivity contribution in [1.82, 2.24) is 9.97 Å². The van der Waals surface area contributed by atoms with E-state index < -0.39 is 11.4 Å². The molecule has 0 unspecified atom stereocenters. The highest BCUT2D eigenvalue weighted by molar-refractivity contribution is 7.99. The maximum atomic E-state index is 12.0. The first-order chi connectivity index (χ1) is 11.0. The van der Waals surface area contributed by atoms with Crippen LogP contribution in [0.15, 0.2) is 34.2 Å². The smallest absolute Gasteiger partial charge is 0.255 e. The van der Waals surface area contributed by atoms with E-state index in [0.29, 0.717) is 17.2 Å². The molecule has 0 fully saturated rings. The molecule has 1 amide bonds. The summed E-state index contributed by atoms with van der Waals surface area (Å²) in [6, 6.07) is 5.97. The minimum absolute atomic E-state index is 0.00719. The number of H-pyrrole nitrogens is 1. The first-order valence-corrected chi connectivity index (χ1v) is 7.45. The second-order valence-electron chi connectivity index (χ2n) is 4.31. The van der Waals surface area contributed by atoms with Gasteiger partial charge in [0, 0.05) is 6.07 Å². The van der Waals surface area contributed by atoms with Gasteiger partial charge in [-0.3, -0.25) is 9.59 Å². The SMILES string of the molecule is COc1ccc(OC)c(NC(=O)CSc2nc(O)cc(=O)[nH]2)c1. The fourth-order valence-electron chi connectivity index (χ4n) is 1.72. The van der Waals surface area contributed by atoms with Crippen molar-refractivity contribution < 1.29 is 19.4 Å². The Morgan fingerprint density at radius 1 is 1.35 bits per heavy atom. The Labute approximate surface area is 135 Å². The van der Waals surface area contributed by atoms with Crippen LogP contribution in [-0.2, 0) is 4.79 Å². The van der Waals surface area contributed by atoms with E-state index in [1.165, 1.54) is 14.2 Å². The van der Waals surface area contributed by atoms with Gasteiger partial charge in [0.15, 0.2) is 5.16 Å². The van der Waals surface area contributed by atoms with E-state index in [9.17, 15) is 14.7 Å². The van der Waals surface area contributed by atoms with Gasteiger partial charge in [-0.1, -0.05) is 11.8 Å². The number of rotatable bonds is 6. The van der Waals surface area contributed by atoms with Crippen molar-refractivity contribution in [1.29, 1.82) is 0 Å². The van der Waals surface area contributed by atoms with Crippen LogP contribution in [0.1, 0.15) is 0 Å². The second-order valence-corrected chi connectivity index (χ2v) is 5.28. The average Bonchev–Trinajstić information content (AvgIpc) is 2.52. The highest BCUT2D eigenvalue weighted by atomic mass is 32.2. The van der Waals surface area contributed by atoms with Gasteiger partial charge < -0.3 is 24.9 Å². The second kappa shape index (κ2) is 7.54. The van der Waals surface area contributed by atoms with Gasteiger partial charge in [0.1, 0.15) is 11.5 Å². The molecule has 9 heteroatoms. The van der Waals surface area contributed by atoms with E-state index in [-0.39, 0.29) is 16.8 Å². The number of hydrogen-bond donors (Lipinski definition) is 3. The third kappa shape index (κ3) is 4.65. The van der Waals surface area contributed by atoms with E-state index in [4.69, 9.17) is 9.47 Å². The van der Waals surface area contributed by atoms with Crippen LogP contribution in [0, 0.1) is 0 Å². The maximum absolute atomic E-state index is 12.0. The Morgan fingerprint density at radius 3 is 2.78 bits per heavy atom. The Bertz CT molecular complexity index is 762. The number of aromatic hydroxyl groups is 1. The monoisotopic (exact) mass is 337 g/mol. The van der Waals surface area contributed by atoms with Crippen LogP contribution >= 0.6 is 11.8 Å². The molecule has 0 atom stereocenters. The highest BCUT2D eigenvalue weighted by Gasteiger charge is 2.11. The number of carbonyl (C=O) groups excluding carboxylic acids is 1. The molecule has 0 aliphatic heterocycles. The predicted molar refractivity (Wildman–Crippen MR) is 85.4 cm³/mol. The van der Waals surface area contributed by atoms with Crippen LogP contribution in [0.5, 0.6) is 17.4 Å². The van der Waals surface area contributed by atoms with Gasteiger partial charge in [0.2, 0.25) is 11.8 Å². The van der Waals surface area contributed by atoms with E-state index in [0.717, 1.165) is 17.8 Å².